The molecule has 3 N–H and O–H groups in total. The second kappa shape index (κ2) is 5.62. The van der Waals surface area contributed by atoms with Crippen molar-refractivity contribution in [3.63, 3.8) is 0 Å². The Morgan fingerprint density at radius 3 is 2.68 bits per heavy atom. The highest BCUT2D eigenvalue weighted by molar-refractivity contribution is 9.10. The molecule has 2 aromatic rings. The lowest BCUT2D eigenvalue weighted by Gasteiger charge is -2.09. The van der Waals surface area contributed by atoms with Crippen LogP contribution in [-0.4, -0.2) is 8.42 Å². The van der Waals surface area contributed by atoms with Crippen molar-refractivity contribution in [1.82, 2.24) is 0 Å². The number of rotatable bonds is 4. The molecule has 1 heterocycles. The minimum absolute atomic E-state index is 0.155. The number of halogens is 1. The van der Waals surface area contributed by atoms with Crippen molar-refractivity contribution in [2.45, 2.75) is 18.4 Å². The van der Waals surface area contributed by atoms with Gasteiger partial charge in [0.15, 0.2) is 0 Å². The van der Waals surface area contributed by atoms with Crippen molar-refractivity contribution in [3.05, 3.63) is 44.6 Å². The lowest BCUT2D eigenvalue weighted by Crippen LogP contribution is -2.14. The number of thiophene rings is 1. The highest BCUT2D eigenvalue weighted by Gasteiger charge is 2.12. The number of hydrogen-bond donors (Lipinski definition) is 2. The third-order valence-corrected chi connectivity index (χ3v) is 5.62. The second-order valence-corrected chi connectivity index (χ2v) is 7.46. The molecule has 102 valence electrons. The minimum atomic E-state index is -3.68. The molecule has 0 amide bonds. The molecule has 0 saturated heterocycles. The van der Waals surface area contributed by atoms with Crippen molar-refractivity contribution < 1.29 is 8.42 Å². The van der Waals surface area contributed by atoms with Gasteiger partial charge < -0.3 is 5.32 Å². The molecule has 4 nitrogen and oxygen atoms in total. The first kappa shape index (κ1) is 14.5. The van der Waals surface area contributed by atoms with Crippen molar-refractivity contribution in [2.24, 2.45) is 5.14 Å². The molecule has 2 rings (SSSR count). The number of benzene rings is 1. The van der Waals surface area contributed by atoms with Crippen LogP contribution in [0.2, 0.25) is 0 Å². The Bertz CT molecular complexity index is 696. The van der Waals surface area contributed by atoms with Gasteiger partial charge in [0.05, 0.1) is 11.4 Å². The van der Waals surface area contributed by atoms with E-state index in [1.54, 1.807) is 30.4 Å². The lowest BCUT2D eigenvalue weighted by molar-refractivity contribution is 0.597. The average molecular weight is 361 g/mol. The zero-order chi connectivity index (χ0) is 14.0. The molecule has 0 atom stereocenters. The summed E-state index contributed by atoms with van der Waals surface area (Å²) in [6.07, 6.45) is 0. The fourth-order valence-corrected chi connectivity index (χ4v) is 3.89. The van der Waals surface area contributed by atoms with Gasteiger partial charge in [0.1, 0.15) is 0 Å². The minimum Gasteiger partial charge on any atom is -0.380 e. The van der Waals surface area contributed by atoms with Crippen LogP contribution in [0.1, 0.15) is 10.4 Å². The van der Waals surface area contributed by atoms with E-state index in [1.165, 1.54) is 0 Å². The number of anilines is 1. The largest absolute Gasteiger partial charge is 0.380 e. The van der Waals surface area contributed by atoms with Crippen LogP contribution in [0.5, 0.6) is 0 Å². The summed E-state index contributed by atoms with van der Waals surface area (Å²) >= 11 is 5.08. The number of sulfonamides is 1. The standard InChI is InChI=1S/C12H13BrN2O2S2/c1-8-2-3-9(6-12(8)19(14,16)17)15-7-11-10(13)4-5-18-11/h2-6,15H,7H2,1H3,(H2,14,16,17). The molecule has 0 aliphatic rings. The first-order valence-electron chi connectivity index (χ1n) is 5.47. The average Bonchev–Trinajstić information content (AvgIpc) is 2.72. The van der Waals surface area contributed by atoms with Gasteiger partial charge in [-0.05, 0) is 52.0 Å². The van der Waals surface area contributed by atoms with E-state index in [-0.39, 0.29) is 4.90 Å². The van der Waals surface area contributed by atoms with E-state index < -0.39 is 10.0 Å². The number of aryl methyl sites for hydroxylation is 1. The smallest absolute Gasteiger partial charge is 0.238 e. The Morgan fingerprint density at radius 2 is 2.11 bits per heavy atom. The van der Waals surface area contributed by atoms with Crippen LogP contribution in [0.3, 0.4) is 0 Å². The van der Waals surface area contributed by atoms with Gasteiger partial charge in [-0.25, -0.2) is 13.6 Å². The number of primary sulfonamides is 1. The van der Waals surface area contributed by atoms with E-state index in [0.717, 1.165) is 15.0 Å². The normalized spacial score (nSPS) is 11.5. The Morgan fingerprint density at radius 1 is 1.37 bits per heavy atom. The third-order valence-electron chi connectivity index (χ3n) is 2.64. The highest BCUT2D eigenvalue weighted by Crippen LogP contribution is 2.25. The van der Waals surface area contributed by atoms with E-state index in [0.29, 0.717) is 12.1 Å². The van der Waals surface area contributed by atoms with Gasteiger partial charge in [0.25, 0.3) is 0 Å². The number of nitrogens with one attached hydrogen (secondary N) is 1. The molecule has 0 bridgehead atoms. The van der Waals surface area contributed by atoms with Gasteiger partial charge >= 0.3 is 0 Å². The first-order chi connectivity index (χ1) is 8.88. The van der Waals surface area contributed by atoms with Crippen molar-refractivity contribution in [1.29, 1.82) is 0 Å². The van der Waals surface area contributed by atoms with Crippen molar-refractivity contribution in [2.75, 3.05) is 5.32 Å². The molecule has 0 unspecified atom stereocenters. The third kappa shape index (κ3) is 3.56. The summed E-state index contributed by atoms with van der Waals surface area (Å²) in [6.45, 7) is 2.35. The van der Waals surface area contributed by atoms with Crippen molar-refractivity contribution in [3.8, 4) is 0 Å². The molecule has 0 saturated carbocycles. The molecular weight excluding hydrogens is 348 g/mol. The van der Waals surface area contributed by atoms with Gasteiger partial charge in [0, 0.05) is 15.0 Å². The summed E-state index contributed by atoms with van der Waals surface area (Å²) in [4.78, 5) is 1.31. The summed E-state index contributed by atoms with van der Waals surface area (Å²) in [7, 11) is -3.68. The summed E-state index contributed by atoms with van der Waals surface area (Å²) in [6, 6.07) is 7.12. The maximum Gasteiger partial charge on any atom is 0.238 e. The summed E-state index contributed by atoms with van der Waals surface area (Å²) in [5.41, 5.74) is 1.38. The van der Waals surface area contributed by atoms with Crippen LogP contribution in [0.15, 0.2) is 39.0 Å². The molecule has 0 fully saturated rings. The van der Waals surface area contributed by atoms with Crippen molar-refractivity contribution >= 4 is 43.0 Å². The molecule has 0 aliphatic carbocycles. The number of nitrogens with two attached hydrogens (primary N) is 1. The highest BCUT2D eigenvalue weighted by atomic mass is 79.9. The monoisotopic (exact) mass is 360 g/mol. The fraction of sp³-hybridized carbons (Fsp3) is 0.167. The molecule has 0 radical (unpaired) electrons. The molecule has 1 aromatic carbocycles. The van der Waals surface area contributed by atoms with E-state index in [1.807, 2.05) is 17.5 Å². The van der Waals surface area contributed by atoms with Crippen LogP contribution in [0.4, 0.5) is 5.69 Å². The zero-order valence-corrected chi connectivity index (χ0v) is 13.4. The van der Waals surface area contributed by atoms with Gasteiger partial charge in [0.2, 0.25) is 10.0 Å². The van der Waals surface area contributed by atoms with E-state index in [4.69, 9.17) is 5.14 Å². The Balaban J connectivity index is 2.21. The molecular formula is C12H13BrN2O2S2. The Hall–Kier alpha value is -0.890. The summed E-state index contributed by atoms with van der Waals surface area (Å²) in [5.74, 6) is 0. The predicted molar refractivity (Wildman–Crippen MR) is 81.9 cm³/mol. The van der Waals surface area contributed by atoms with E-state index >= 15 is 0 Å². The van der Waals surface area contributed by atoms with Crippen LogP contribution in [-0.2, 0) is 16.6 Å². The first-order valence-corrected chi connectivity index (χ1v) is 8.69. The Labute approximate surface area is 124 Å². The predicted octanol–water partition coefficient (Wildman–Crippen LogP) is 3.08. The second-order valence-electron chi connectivity index (χ2n) is 4.07. The fourth-order valence-electron chi connectivity index (χ4n) is 1.65. The van der Waals surface area contributed by atoms with E-state index in [9.17, 15) is 8.42 Å². The quantitative estimate of drug-likeness (QED) is 0.879. The lowest BCUT2D eigenvalue weighted by atomic mass is 10.2. The number of hydrogen-bond acceptors (Lipinski definition) is 4. The van der Waals surface area contributed by atoms with Crippen LogP contribution in [0, 0.1) is 6.92 Å². The maximum atomic E-state index is 11.4. The zero-order valence-electron chi connectivity index (χ0n) is 10.2. The van der Waals surface area contributed by atoms with Crippen LogP contribution in [0.25, 0.3) is 0 Å². The summed E-state index contributed by atoms with van der Waals surface area (Å²) in [5, 5.41) is 10.4. The molecule has 7 heteroatoms. The Kier molecular flexibility index (Phi) is 4.29. The van der Waals surface area contributed by atoms with Crippen LogP contribution < -0.4 is 10.5 Å². The SMILES string of the molecule is Cc1ccc(NCc2sccc2Br)cc1S(N)(=O)=O. The van der Waals surface area contributed by atoms with Gasteiger partial charge in [-0.2, -0.15) is 0 Å². The topological polar surface area (TPSA) is 72.2 Å². The van der Waals surface area contributed by atoms with Crippen LogP contribution >= 0.6 is 27.3 Å². The molecule has 0 spiro atoms. The molecule has 1 aromatic heterocycles. The van der Waals surface area contributed by atoms with E-state index in [2.05, 4.69) is 21.2 Å². The van der Waals surface area contributed by atoms with Gasteiger partial charge in [-0.3, -0.25) is 0 Å². The maximum absolute atomic E-state index is 11.4. The molecule has 0 aliphatic heterocycles. The molecule has 19 heavy (non-hydrogen) atoms. The van der Waals surface area contributed by atoms with Gasteiger partial charge in [-0.15, -0.1) is 11.3 Å². The summed E-state index contributed by atoms with van der Waals surface area (Å²) < 4.78 is 23.9. The van der Waals surface area contributed by atoms with Gasteiger partial charge in [-0.1, -0.05) is 6.07 Å².